The highest BCUT2D eigenvalue weighted by Crippen LogP contribution is 2.37. The molecule has 0 aliphatic carbocycles. The average molecular weight is 441 g/mol. The summed E-state index contributed by atoms with van der Waals surface area (Å²) in [6.07, 6.45) is -0.945. The molecule has 0 spiro atoms. The average Bonchev–Trinajstić information content (AvgIpc) is 2.75. The van der Waals surface area contributed by atoms with Gasteiger partial charge in [-0.2, -0.15) is 0 Å². The monoisotopic (exact) mass is 440 g/mol. The van der Waals surface area contributed by atoms with E-state index in [9.17, 15) is 20.4 Å². The Kier molecular flexibility index (Phi) is 7.91. The summed E-state index contributed by atoms with van der Waals surface area (Å²) in [4.78, 5) is 0. The van der Waals surface area contributed by atoms with E-state index in [2.05, 4.69) is 57.2 Å². The second-order valence-corrected chi connectivity index (χ2v) is 9.17. The van der Waals surface area contributed by atoms with Crippen LogP contribution in [-0.4, -0.2) is 51.4 Å². The number of ether oxygens (including phenoxy) is 1. The van der Waals surface area contributed by atoms with Crippen LogP contribution in [0.4, 0.5) is 0 Å². The minimum absolute atomic E-state index is 0.315. The van der Waals surface area contributed by atoms with Gasteiger partial charge in [-0.05, 0) is 72.1 Å². The molecule has 1 heterocycles. The van der Waals surface area contributed by atoms with E-state index in [4.69, 9.17) is 4.74 Å². The van der Waals surface area contributed by atoms with E-state index < -0.39 is 37.1 Å². The second kappa shape index (κ2) is 10.3. The number of hydrogen-bond donors (Lipinski definition) is 4. The molecule has 5 nitrogen and oxygen atoms in total. The maximum Gasteiger partial charge on any atom is 0.113 e. The predicted molar refractivity (Wildman–Crippen MR) is 127 cm³/mol. The van der Waals surface area contributed by atoms with E-state index in [1.807, 2.05) is 19.9 Å². The lowest BCUT2D eigenvalue weighted by Gasteiger charge is -2.41. The summed E-state index contributed by atoms with van der Waals surface area (Å²) in [5.74, 6) is 0.315. The van der Waals surface area contributed by atoms with Crippen molar-refractivity contribution in [3.8, 4) is 0 Å². The molecule has 0 radical (unpaired) electrons. The molecule has 5 atom stereocenters. The Morgan fingerprint density at radius 1 is 0.938 bits per heavy atom. The van der Waals surface area contributed by atoms with Crippen molar-refractivity contribution < 1.29 is 25.2 Å². The van der Waals surface area contributed by atoms with Gasteiger partial charge in [-0.1, -0.05) is 56.3 Å². The molecule has 1 fully saturated rings. The van der Waals surface area contributed by atoms with Gasteiger partial charge in [-0.25, -0.2) is 0 Å². The zero-order valence-corrected chi connectivity index (χ0v) is 19.6. The molecule has 1 aliphatic rings. The number of aryl methyl sites for hydroxylation is 2. The summed E-state index contributed by atoms with van der Waals surface area (Å²) >= 11 is 0. The number of benzene rings is 2. The summed E-state index contributed by atoms with van der Waals surface area (Å²) in [6, 6.07) is 10.6. The van der Waals surface area contributed by atoms with E-state index in [1.54, 1.807) is 0 Å². The van der Waals surface area contributed by atoms with Crippen molar-refractivity contribution in [3.05, 3.63) is 75.4 Å². The molecule has 1 saturated heterocycles. The zero-order chi connectivity index (χ0) is 23.6. The first-order chi connectivity index (χ1) is 15.2. The van der Waals surface area contributed by atoms with E-state index >= 15 is 0 Å². The van der Waals surface area contributed by atoms with Crippen LogP contribution in [0.1, 0.15) is 71.7 Å². The minimum atomic E-state index is -1.39. The lowest BCUT2D eigenvalue weighted by Crippen LogP contribution is -2.55. The fourth-order valence-electron chi connectivity index (χ4n) is 4.57. The Morgan fingerprint density at radius 2 is 1.66 bits per heavy atom. The van der Waals surface area contributed by atoms with Gasteiger partial charge in [-0.15, -0.1) is 0 Å². The number of aliphatic hydroxyl groups is 4. The Balaban J connectivity index is 2.03. The maximum absolute atomic E-state index is 10.7. The third-order valence-electron chi connectivity index (χ3n) is 6.46. The van der Waals surface area contributed by atoms with Crippen LogP contribution < -0.4 is 0 Å². The first-order valence-electron chi connectivity index (χ1n) is 11.3. The largest absolute Gasteiger partial charge is 0.394 e. The summed E-state index contributed by atoms with van der Waals surface area (Å²) in [7, 11) is 0. The molecule has 174 valence electrons. The quantitative estimate of drug-likeness (QED) is 0.551. The molecule has 0 unspecified atom stereocenters. The molecule has 4 N–H and O–H groups in total. The van der Waals surface area contributed by atoms with Crippen molar-refractivity contribution in [2.75, 3.05) is 6.61 Å². The highest BCUT2D eigenvalue weighted by atomic mass is 16.5. The van der Waals surface area contributed by atoms with Gasteiger partial charge >= 0.3 is 0 Å². The zero-order valence-electron chi connectivity index (χ0n) is 19.6. The third-order valence-corrected chi connectivity index (χ3v) is 6.46. The summed E-state index contributed by atoms with van der Waals surface area (Å²) in [5.41, 5.74) is 7.69. The van der Waals surface area contributed by atoms with E-state index in [-0.39, 0.29) is 0 Å². The third kappa shape index (κ3) is 4.98. The Labute approximate surface area is 191 Å². The van der Waals surface area contributed by atoms with Crippen LogP contribution in [0, 0.1) is 13.8 Å². The standard InChI is InChI=1S/C27H36O5/c1-6-7-18-8-9-19(16(4)10-18)12-20-13-22(17(5)11-21(20)15(2)3)27-26(31)25(30)24(29)23(14-28)32-27/h6-11,13,15,23-31H,12,14H2,1-5H3/b7-6+/t23-,24-,25+,26-,27+/m1/s1. The minimum Gasteiger partial charge on any atom is -0.394 e. The van der Waals surface area contributed by atoms with Crippen molar-refractivity contribution >= 4 is 6.08 Å². The van der Waals surface area contributed by atoms with E-state index in [0.717, 1.165) is 23.1 Å². The van der Waals surface area contributed by atoms with Crippen molar-refractivity contribution in [3.63, 3.8) is 0 Å². The first-order valence-corrected chi connectivity index (χ1v) is 11.3. The topological polar surface area (TPSA) is 90.2 Å². The summed E-state index contributed by atoms with van der Waals surface area (Å²) < 4.78 is 5.85. The van der Waals surface area contributed by atoms with Crippen LogP contribution in [0.2, 0.25) is 0 Å². The smallest absolute Gasteiger partial charge is 0.113 e. The molecule has 0 amide bonds. The highest BCUT2D eigenvalue weighted by Gasteiger charge is 2.44. The van der Waals surface area contributed by atoms with Gasteiger partial charge in [-0.3, -0.25) is 0 Å². The predicted octanol–water partition coefficient (Wildman–Crippen LogP) is 3.57. The fourth-order valence-corrected chi connectivity index (χ4v) is 4.57. The van der Waals surface area contributed by atoms with Gasteiger partial charge in [0.25, 0.3) is 0 Å². The normalized spacial score (nSPS) is 26.2. The van der Waals surface area contributed by atoms with Crippen LogP contribution in [0.3, 0.4) is 0 Å². The molecule has 0 bridgehead atoms. The molecular formula is C27H36O5. The number of rotatable bonds is 6. The SMILES string of the molecule is C/C=C/c1ccc(Cc2cc([C@@H]3O[C@H](CO)[C@@H](O)[C@H](O)[C@H]3O)c(C)cc2C(C)C)c(C)c1. The van der Waals surface area contributed by atoms with Crippen LogP contribution in [0.5, 0.6) is 0 Å². The molecular weight excluding hydrogens is 404 g/mol. The first kappa shape index (κ1) is 24.6. The number of hydrogen-bond acceptors (Lipinski definition) is 5. The van der Waals surface area contributed by atoms with Gasteiger partial charge in [0, 0.05) is 0 Å². The van der Waals surface area contributed by atoms with Gasteiger partial charge in [0.05, 0.1) is 6.61 Å². The van der Waals surface area contributed by atoms with Gasteiger partial charge in [0.2, 0.25) is 0 Å². The highest BCUT2D eigenvalue weighted by molar-refractivity contribution is 5.52. The van der Waals surface area contributed by atoms with E-state index in [1.165, 1.54) is 22.3 Å². The Bertz CT molecular complexity index is 963. The van der Waals surface area contributed by atoms with Crippen LogP contribution in [-0.2, 0) is 11.2 Å². The van der Waals surface area contributed by atoms with E-state index in [0.29, 0.717) is 5.92 Å². The van der Waals surface area contributed by atoms with Crippen molar-refractivity contribution in [1.82, 2.24) is 0 Å². The van der Waals surface area contributed by atoms with Crippen molar-refractivity contribution in [1.29, 1.82) is 0 Å². The molecule has 2 aromatic carbocycles. The molecule has 32 heavy (non-hydrogen) atoms. The Morgan fingerprint density at radius 3 is 2.25 bits per heavy atom. The lowest BCUT2D eigenvalue weighted by molar-refractivity contribution is -0.231. The Hall–Kier alpha value is -2.02. The van der Waals surface area contributed by atoms with Crippen LogP contribution in [0.25, 0.3) is 6.08 Å². The lowest BCUT2D eigenvalue weighted by atomic mass is 9.84. The molecule has 0 aromatic heterocycles. The molecule has 0 saturated carbocycles. The van der Waals surface area contributed by atoms with Gasteiger partial charge < -0.3 is 25.2 Å². The van der Waals surface area contributed by atoms with Crippen LogP contribution in [0.15, 0.2) is 36.4 Å². The molecule has 5 heteroatoms. The number of allylic oxidation sites excluding steroid dienone is 1. The second-order valence-electron chi connectivity index (χ2n) is 9.17. The summed E-state index contributed by atoms with van der Waals surface area (Å²) in [6.45, 7) is 9.97. The molecule has 3 rings (SSSR count). The fraction of sp³-hybridized carbons (Fsp3) is 0.481. The van der Waals surface area contributed by atoms with Gasteiger partial charge in [0.1, 0.15) is 30.5 Å². The van der Waals surface area contributed by atoms with Crippen LogP contribution >= 0.6 is 0 Å². The van der Waals surface area contributed by atoms with Crippen molar-refractivity contribution in [2.45, 2.75) is 77.5 Å². The number of aliphatic hydroxyl groups excluding tert-OH is 4. The maximum atomic E-state index is 10.7. The van der Waals surface area contributed by atoms with Gasteiger partial charge in [0.15, 0.2) is 0 Å². The summed E-state index contributed by atoms with van der Waals surface area (Å²) in [5, 5.41) is 40.7. The molecule has 2 aromatic rings. The molecule has 1 aliphatic heterocycles. The van der Waals surface area contributed by atoms with Crippen molar-refractivity contribution in [2.24, 2.45) is 0 Å².